The molecular formula is C31H36F2N4O2. The lowest BCUT2D eigenvalue weighted by Crippen LogP contribution is -2.49. The van der Waals surface area contributed by atoms with E-state index in [2.05, 4.69) is 28.0 Å². The predicted molar refractivity (Wildman–Crippen MR) is 147 cm³/mol. The van der Waals surface area contributed by atoms with Gasteiger partial charge in [0.15, 0.2) is 0 Å². The number of benzene rings is 2. The summed E-state index contributed by atoms with van der Waals surface area (Å²) < 4.78 is 32.0. The molecule has 2 aromatic carbocycles. The maximum Gasteiger partial charge on any atom is 0.331 e. The fourth-order valence-corrected chi connectivity index (χ4v) is 6.71. The van der Waals surface area contributed by atoms with Crippen molar-refractivity contribution in [3.8, 4) is 0 Å². The van der Waals surface area contributed by atoms with E-state index < -0.39 is 17.3 Å². The Hall–Kier alpha value is -3.10. The van der Waals surface area contributed by atoms with Crippen molar-refractivity contribution in [1.29, 1.82) is 0 Å². The van der Waals surface area contributed by atoms with Crippen LogP contribution in [0.3, 0.4) is 0 Å². The zero-order chi connectivity index (χ0) is 26.9. The highest BCUT2D eigenvalue weighted by molar-refractivity contribution is 5.29. The summed E-state index contributed by atoms with van der Waals surface area (Å²) in [4.78, 5) is 32.1. The zero-order valence-corrected chi connectivity index (χ0v) is 22.4. The highest BCUT2D eigenvalue weighted by atomic mass is 19.1. The van der Waals surface area contributed by atoms with Crippen molar-refractivity contribution in [2.45, 2.75) is 64.7 Å². The van der Waals surface area contributed by atoms with Crippen LogP contribution in [0.2, 0.25) is 0 Å². The fraction of sp³-hybridized carbons (Fsp3) is 0.484. The molecule has 0 unspecified atom stereocenters. The van der Waals surface area contributed by atoms with Crippen molar-refractivity contribution in [1.82, 2.24) is 18.9 Å². The van der Waals surface area contributed by atoms with E-state index in [0.717, 1.165) is 32.6 Å². The molecule has 39 heavy (non-hydrogen) atoms. The van der Waals surface area contributed by atoms with Gasteiger partial charge in [0.2, 0.25) is 0 Å². The lowest BCUT2D eigenvalue weighted by atomic mass is 10.00. The Labute approximate surface area is 227 Å². The number of aromatic nitrogens is 2. The molecule has 6 rings (SSSR count). The molecule has 1 fully saturated rings. The first kappa shape index (κ1) is 26.1. The smallest absolute Gasteiger partial charge is 0.298 e. The van der Waals surface area contributed by atoms with Gasteiger partial charge in [-0.25, -0.2) is 13.6 Å². The van der Waals surface area contributed by atoms with Gasteiger partial charge in [-0.1, -0.05) is 43.2 Å². The van der Waals surface area contributed by atoms with E-state index in [1.807, 2.05) is 6.07 Å². The number of hydrogen-bond donors (Lipinski definition) is 0. The second kappa shape index (κ2) is 11.2. The lowest BCUT2D eigenvalue weighted by Gasteiger charge is -2.32. The van der Waals surface area contributed by atoms with Crippen LogP contribution in [0.25, 0.3) is 0 Å². The van der Waals surface area contributed by atoms with E-state index in [0.29, 0.717) is 36.7 Å². The van der Waals surface area contributed by atoms with Crippen LogP contribution in [0.4, 0.5) is 8.78 Å². The Bertz CT molecular complexity index is 1450. The Morgan fingerprint density at radius 2 is 1.49 bits per heavy atom. The van der Waals surface area contributed by atoms with Gasteiger partial charge in [-0.15, -0.1) is 0 Å². The molecular weight excluding hydrogens is 498 g/mol. The van der Waals surface area contributed by atoms with Crippen molar-refractivity contribution in [2.75, 3.05) is 26.2 Å². The average molecular weight is 535 g/mol. The minimum Gasteiger partial charge on any atom is -0.298 e. The Kier molecular flexibility index (Phi) is 7.49. The highest BCUT2D eigenvalue weighted by Gasteiger charge is 2.28. The molecule has 206 valence electrons. The summed E-state index contributed by atoms with van der Waals surface area (Å²) >= 11 is 0. The number of nitrogens with zero attached hydrogens (tertiary/aromatic N) is 4. The Morgan fingerprint density at radius 3 is 2.26 bits per heavy atom. The summed E-state index contributed by atoms with van der Waals surface area (Å²) in [5.74, 6) is -0.715. The van der Waals surface area contributed by atoms with Crippen molar-refractivity contribution in [3.05, 3.63) is 103 Å². The summed E-state index contributed by atoms with van der Waals surface area (Å²) in [6, 6.07) is 12.1. The van der Waals surface area contributed by atoms with Gasteiger partial charge in [0.05, 0.1) is 12.1 Å². The molecule has 1 aromatic heterocycles. The van der Waals surface area contributed by atoms with Gasteiger partial charge >= 0.3 is 5.69 Å². The van der Waals surface area contributed by atoms with E-state index in [1.54, 1.807) is 0 Å². The van der Waals surface area contributed by atoms with E-state index in [-0.39, 0.29) is 24.2 Å². The van der Waals surface area contributed by atoms with Gasteiger partial charge in [-0.3, -0.25) is 23.7 Å². The first-order valence-electron chi connectivity index (χ1n) is 14.3. The highest BCUT2D eigenvalue weighted by Crippen LogP contribution is 2.27. The van der Waals surface area contributed by atoms with Crippen LogP contribution >= 0.6 is 0 Å². The first-order valence-corrected chi connectivity index (χ1v) is 14.3. The molecule has 0 atom stereocenters. The Morgan fingerprint density at radius 1 is 0.769 bits per heavy atom. The van der Waals surface area contributed by atoms with Crippen LogP contribution in [0.1, 0.15) is 53.6 Å². The molecule has 0 N–H and O–H groups in total. The summed E-state index contributed by atoms with van der Waals surface area (Å²) in [6.07, 6.45) is 6.42. The molecule has 3 heterocycles. The van der Waals surface area contributed by atoms with E-state index in [1.165, 1.54) is 64.1 Å². The quantitative estimate of drug-likeness (QED) is 0.461. The second-order valence-corrected chi connectivity index (χ2v) is 11.4. The minimum absolute atomic E-state index is 0.145. The van der Waals surface area contributed by atoms with Crippen molar-refractivity contribution >= 4 is 0 Å². The lowest BCUT2D eigenvalue weighted by molar-refractivity contribution is 0.206. The van der Waals surface area contributed by atoms with E-state index in [4.69, 9.17) is 0 Å². The average Bonchev–Trinajstić information content (AvgIpc) is 3.45. The molecule has 2 aliphatic heterocycles. The van der Waals surface area contributed by atoms with Gasteiger partial charge in [-0.05, 0) is 48.4 Å². The molecule has 1 aliphatic carbocycles. The second-order valence-electron chi connectivity index (χ2n) is 11.4. The maximum atomic E-state index is 14.6. The molecule has 6 nitrogen and oxygen atoms in total. The summed E-state index contributed by atoms with van der Waals surface area (Å²) in [5, 5.41) is 0. The molecule has 0 saturated heterocycles. The maximum absolute atomic E-state index is 14.6. The van der Waals surface area contributed by atoms with Crippen molar-refractivity contribution in [3.63, 3.8) is 0 Å². The molecule has 1 saturated carbocycles. The van der Waals surface area contributed by atoms with Crippen molar-refractivity contribution < 1.29 is 8.78 Å². The van der Waals surface area contributed by atoms with Crippen LogP contribution in [-0.4, -0.2) is 45.1 Å². The van der Waals surface area contributed by atoms with Crippen LogP contribution in [-0.2, 0) is 39.0 Å². The third-order valence-corrected chi connectivity index (χ3v) is 8.90. The topological polar surface area (TPSA) is 50.5 Å². The summed E-state index contributed by atoms with van der Waals surface area (Å²) in [6.45, 7) is 4.38. The summed E-state index contributed by atoms with van der Waals surface area (Å²) in [7, 11) is 0. The van der Waals surface area contributed by atoms with Crippen LogP contribution < -0.4 is 11.2 Å². The third kappa shape index (κ3) is 5.37. The fourth-order valence-electron chi connectivity index (χ4n) is 6.71. The molecule has 0 spiro atoms. The van der Waals surface area contributed by atoms with Gasteiger partial charge in [-0.2, -0.15) is 0 Å². The van der Waals surface area contributed by atoms with Gasteiger partial charge < -0.3 is 0 Å². The van der Waals surface area contributed by atoms with Crippen molar-refractivity contribution in [2.24, 2.45) is 5.92 Å². The molecule has 3 aromatic rings. The molecule has 0 bridgehead atoms. The van der Waals surface area contributed by atoms with Gasteiger partial charge in [0, 0.05) is 63.5 Å². The molecule has 0 amide bonds. The normalized spacial score (nSPS) is 18.3. The van der Waals surface area contributed by atoms with Gasteiger partial charge in [0.1, 0.15) is 11.6 Å². The van der Waals surface area contributed by atoms with E-state index in [9.17, 15) is 18.4 Å². The molecule has 3 aliphatic rings. The van der Waals surface area contributed by atoms with Gasteiger partial charge in [0.25, 0.3) is 5.56 Å². The molecule has 0 radical (unpaired) electrons. The standard InChI is InChI=1S/C31H36F2N4O2/c32-27-10-5-11-28(33)25(27)21-37-29-13-15-35(18-22-6-1-2-7-22)20-26(29)30(38)36(31(37)39)17-16-34-14-12-23-8-3-4-9-24(23)19-34/h3-5,8-11,22H,1-2,6-7,12-21H2. The predicted octanol–water partition coefficient (Wildman–Crippen LogP) is 3.94. The third-order valence-electron chi connectivity index (χ3n) is 8.90. The SMILES string of the molecule is O=c1c2c(n(Cc3c(F)cccc3F)c(=O)n1CCN1CCc3ccccc3C1)CCN(CC1CCCC1)C2. The molecule has 8 heteroatoms. The van der Waals surface area contributed by atoms with E-state index >= 15 is 0 Å². The monoisotopic (exact) mass is 534 g/mol. The minimum atomic E-state index is -0.681. The number of rotatable bonds is 7. The zero-order valence-electron chi connectivity index (χ0n) is 22.4. The Balaban J connectivity index is 1.32. The van der Waals surface area contributed by atoms with Crippen LogP contribution in [0, 0.1) is 17.6 Å². The van der Waals surface area contributed by atoms with Crippen LogP contribution in [0.5, 0.6) is 0 Å². The summed E-state index contributed by atoms with van der Waals surface area (Å²) in [5.41, 5.74) is 2.95. The largest absolute Gasteiger partial charge is 0.331 e. The first-order chi connectivity index (χ1) is 19.0. The number of halogens is 2. The van der Waals surface area contributed by atoms with Crippen LogP contribution in [0.15, 0.2) is 52.1 Å². The number of fused-ring (bicyclic) bond motifs is 2. The number of hydrogen-bond acceptors (Lipinski definition) is 4.